The van der Waals surface area contributed by atoms with Crippen LogP contribution in [0.4, 0.5) is 5.82 Å². The topological polar surface area (TPSA) is 69.3 Å². The van der Waals surface area contributed by atoms with Gasteiger partial charge in [0.25, 0.3) is 5.91 Å². The van der Waals surface area contributed by atoms with Crippen molar-refractivity contribution in [1.82, 2.24) is 9.78 Å². The summed E-state index contributed by atoms with van der Waals surface area (Å²) in [4.78, 5) is 12.5. The predicted octanol–water partition coefficient (Wildman–Crippen LogP) is 5.28. The van der Waals surface area contributed by atoms with Crippen molar-refractivity contribution in [2.75, 3.05) is 5.32 Å². The van der Waals surface area contributed by atoms with Gasteiger partial charge < -0.3 is 14.5 Å². The van der Waals surface area contributed by atoms with E-state index in [1.165, 1.54) is 5.56 Å². The Balaban J connectivity index is 1.34. The summed E-state index contributed by atoms with van der Waals surface area (Å²) in [5, 5.41) is 7.18. The smallest absolute Gasteiger partial charge is 0.292 e. The van der Waals surface area contributed by atoms with Crippen LogP contribution in [0.5, 0.6) is 5.75 Å². The zero-order valence-electron chi connectivity index (χ0n) is 17.9. The molecule has 1 amide bonds. The van der Waals surface area contributed by atoms with Gasteiger partial charge in [0.05, 0.1) is 6.54 Å². The fourth-order valence-electron chi connectivity index (χ4n) is 3.16. The molecule has 2 heterocycles. The summed E-state index contributed by atoms with van der Waals surface area (Å²) in [5.74, 6) is 1.73. The lowest BCUT2D eigenvalue weighted by Gasteiger charge is -2.08. The van der Waals surface area contributed by atoms with E-state index in [4.69, 9.17) is 9.15 Å². The fourth-order valence-corrected chi connectivity index (χ4v) is 3.16. The number of amides is 1. The Morgan fingerprint density at radius 1 is 1.00 bits per heavy atom. The van der Waals surface area contributed by atoms with Gasteiger partial charge in [-0.05, 0) is 55.7 Å². The first-order chi connectivity index (χ1) is 15.0. The van der Waals surface area contributed by atoms with Gasteiger partial charge in [0.2, 0.25) is 0 Å². The number of anilines is 1. The van der Waals surface area contributed by atoms with Crippen molar-refractivity contribution in [2.45, 2.75) is 33.9 Å². The fraction of sp³-hybridized carbons (Fsp3) is 0.200. The molecule has 0 atom stereocenters. The number of carbonyl (C=O) groups is 1. The number of benzene rings is 2. The SMILES string of the molecule is Cc1ccc(Cn2ccc(NC(=O)c3ccc(COc4cc(C)ccc4C)o3)n2)cc1. The number of nitrogens with zero attached hydrogens (tertiary/aromatic N) is 2. The summed E-state index contributed by atoms with van der Waals surface area (Å²) in [6.45, 7) is 6.96. The normalized spacial score (nSPS) is 10.8. The summed E-state index contributed by atoms with van der Waals surface area (Å²) in [6, 6.07) is 19.5. The molecule has 1 N–H and O–H groups in total. The molecule has 31 heavy (non-hydrogen) atoms. The van der Waals surface area contributed by atoms with Gasteiger partial charge in [-0.15, -0.1) is 0 Å². The van der Waals surface area contributed by atoms with Gasteiger partial charge in [0.15, 0.2) is 11.6 Å². The van der Waals surface area contributed by atoms with E-state index in [1.807, 2.05) is 38.2 Å². The number of carbonyl (C=O) groups excluding carboxylic acids is 1. The van der Waals surface area contributed by atoms with Crippen molar-refractivity contribution in [1.29, 1.82) is 0 Å². The number of nitrogens with one attached hydrogen (secondary N) is 1. The molecule has 0 spiro atoms. The third-order valence-corrected chi connectivity index (χ3v) is 4.95. The molecule has 6 heteroatoms. The van der Waals surface area contributed by atoms with E-state index < -0.39 is 0 Å². The molecule has 0 bridgehead atoms. The molecule has 2 aromatic carbocycles. The average Bonchev–Trinajstić information content (AvgIpc) is 3.40. The zero-order chi connectivity index (χ0) is 21.8. The largest absolute Gasteiger partial charge is 0.485 e. The Hall–Kier alpha value is -3.80. The maximum Gasteiger partial charge on any atom is 0.292 e. The Labute approximate surface area is 181 Å². The molecule has 158 valence electrons. The number of ether oxygens (including phenoxy) is 1. The van der Waals surface area contributed by atoms with E-state index in [2.05, 4.69) is 41.6 Å². The highest BCUT2D eigenvalue weighted by Crippen LogP contribution is 2.21. The number of hydrogen-bond donors (Lipinski definition) is 1. The zero-order valence-corrected chi connectivity index (χ0v) is 17.9. The second-order valence-corrected chi connectivity index (χ2v) is 7.66. The summed E-state index contributed by atoms with van der Waals surface area (Å²) in [7, 11) is 0. The van der Waals surface area contributed by atoms with E-state index >= 15 is 0 Å². The first-order valence-corrected chi connectivity index (χ1v) is 10.2. The van der Waals surface area contributed by atoms with Crippen molar-refractivity contribution >= 4 is 11.7 Å². The van der Waals surface area contributed by atoms with Crippen LogP contribution in [-0.4, -0.2) is 15.7 Å². The second-order valence-electron chi connectivity index (χ2n) is 7.66. The molecule has 0 radical (unpaired) electrons. The first kappa shape index (κ1) is 20.5. The molecule has 0 aliphatic rings. The number of aromatic nitrogens is 2. The Bertz CT molecular complexity index is 1190. The van der Waals surface area contributed by atoms with Crippen LogP contribution >= 0.6 is 0 Å². The van der Waals surface area contributed by atoms with Crippen LogP contribution in [0.1, 0.15) is 38.6 Å². The third-order valence-electron chi connectivity index (χ3n) is 4.95. The summed E-state index contributed by atoms with van der Waals surface area (Å²) >= 11 is 0. The van der Waals surface area contributed by atoms with Gasteiger partial charge in [-0.1, -0.05) is 42.0 Å². The molecule has 0 saturated carbocycles. The lowest BCUT2D eigenvalue weighted by Crippen LogP contribution is -2.12. The van der Waals surface area contributed by atoms with Crippen molar-refractivity contribution < 1.29 is 13.9 Å². The number of aryl methyl sites for hydroxylation is 3. The molecule has 4 rings (SSSR count). The monoisotopic (exact) mass is 415 g/mol. The van der Waals surface area contributed by atoms with Crippen LogP contribution in [0.3, 0.4) is 0 Å². The van der Waals surface area contributed by atoms with Crippen molar-refractivity contribution in [2.24, 2.45) is 0 Å². The van der Waals surface area contributed by atoms with Gasteiger partial charge in [0.1, 0.15) is 18.1 Å². The van der Waals surface area contributed by atoms with Crippen LogP contribution in [-0.2, 0) is 13.2 Å². The Morgan fingerprint density at radius 3 is 2.58 bits per heavy atom. The summed E-state index contributed by atoms with van der Waals surface area (Å²) in [5.41, 5.74) is 4.54. The van der Waals surface area contributed by atoms with E-state index in [0.717, 1.165) is 22.4 Å². The van der Waals surface area contributed by atoms with Crippen LogP contribution in [0.15, 0.2) is 71.3 Å². The maximum atomic E-state index is 12.5. The molecular formula is C25H25N3O3. The van der Waals surface area contributed by atoms with Crippen LogP contribution in [0, 0.1) is 20.8 Å². The number of furan rings is 1. The van der Waals surface area contributed by atoms with Gasteiger partial charge in [-0.2, -0.15) is 5.10 Å². The highest BCUT2D eigenvalue weighted by Gasteiger charge is 2.13. The lowest BCUT2D eigenvalue weighted by atomic mass is 10.1. The van der Waals surface area contributed by atoms with E-state index in [-0.39, 0.29) is 18.3 Å². The lowest BCUT2D eigenvalue weighted by molar-refractivity contribution is 0.0992. The highest BCUT2D eigenvalue weighted by molar-refractivity contribution is 6.01. The van der Waals surface area contributed by atoms with Gasteiger partial charge in [-0.25, -0.2) is 0 Å². The molecule has 0 aliphatic heterocycles. The average molecular weight is 415 g/mol. The van der Waals surface area contributed by atoms with Gasteiger partial charge >= 0.3 is 0 Å². The molecule has 0 fully saturated rings. The molecule has 0 saturated heterocycles. The van der Waals surface area contributed by atoms with Crippen molar-refractivity contribution in [3.63, 3.8) is 0 Å². The molecular weight excluding hydrogens is 390 g/mol. The first-order valence-electron chi connectivity index (χ1n) is 10.2. The van der Waals surface area contributed by atoms with Crippen LogP contribution in [0.2, 0.25) is 0 Å². The molecule has 2 aromatic heterocycles. The third kappa shape index (κ3) is 5.22. The Kier molecular flexibility index (Phi) is 5.89. The van der Waals surface area contributed by atoms with Gasteiger partial charge in [-0.3, -0.25) is 9.48 Å². The summed E-state index contributed by atoms with van der Waals surface area (Å²) in [6.07, 6.45) is 1.83. The molecule has 4 aromatic rings. The van der Waals surface area contributed by atoms with E-state index in [1.54, 1.807) is 22.9 Å². The summed E-state index contributed by atoms with van der Waals surface area (Å²) < 4.78 is 13.3. The predicted molar refractivity (Wildman–Crippen MR) is 119 cm³/mol. The van der Waals surface area contributed by atoms with Crippen LogP contribution in [0.25, 0.3) is 0 Å². The van der Waals surface area contributed by atoms with Crippen LogP contribution < -0.4 is 10.1 Å². The Morgan fingerprint density at radius 2 is 1.77 bits per heavy atom. The number of rotatable bonds is 7. The van der Waals surface area contributed by atoms with Crippen molar-refractivity contribution in [3.05, 3.63) is 101 Å². The minimum atomic E-state index is -0.349. The number of hydrogen-bond acceptors (Lipinski definition) is 4. The van der Waals surface area contributed by atoms with E-state index in [9.17, 15) is 4.79 Å². The minimum absolute atomic E-state index is 0.215. The van der Waals surface area contributed by atoms with Crippen molar-refractivity contribution in [3.8, 4) is 5.75 Å². The second kappa shape index (κ2) is 8.92. The molecule has 0 unspecified atom stereocenters. The standard InChI is InChI=1S/C25H25N3O3/c1-17-5-8-20(9-6-17)15-28-13-12-24(27-28)26-25(29)22-11-10-21(31-22)16-30-23-14-18(2)4-7-19(23)3/h4-14H,15-16H2,1-3H3,(H,26,27,29). The molecule has 6 nitrogen and oxygen atoms in total. The van der Waals surface area contributed by atoms with Gasteiger partial charge in [0, 0.05) is 12.3 Å². The highest BCUT2D eigenvalue weighted by atomic mass is 16.5. The molecule has 0 aliphatic carbocycles. The maximum absolute atomic E-state index is 12.5. The minimum Gasteiger partial charge on any atom is -0.485 e. The van der Waals surface area contributed by atoms with E-state index in [0.29, 0.717) is 18.1 Å². The quantitative estimate of drug-likeness (QED) is 0.446.